The van der Waals surface area contributed by atoms with E-state index in [1.54, 1.807) is 0 Å². The van der Waals surface area contributed by atoms with Crippen LogP contribution in [-0.2, 0) is 4.79 Å². The molecule has 0 aliphatic carbocycles. The highest BCUT2D eigenvalue weighted by Gasteiger charge is 2.22. The quantitative estimate of drug-likeness (QED) is 0.896. The van der Waals surface area contributed by atoms with Gasteiger partial charge in [0.1, 0.15) is 18.0 Å². The van der Waals surface area contributed by atoms with Gasteiger partial charge in [-0.05, 0) is 18.8 Å². The molecular weight excluding hydrogens is 254 g/mol. The minimum atomic E-state index is 0.150. The van der Waals surface area contributed by atoms with Crippen LogP contribution >= 0.6 is 0 Å². The number of likely N-dealkylation sites (tertiary alicyclic amines) is 1. The number of likely N-dealkylation sites (N-methyl/N-ethyl adjacent to an activating group) is 1. The molecular formula is C14H23N5O. The second-order valence-corrected chi connectivity index (χ2v) is 5.59. The molecule has 110 valence electrons. The van der Waals surface area contributed by atoms with E-state index in [0.29, 0.717) is 12.4 Å². The zero-order valence-electron chi connectivity index (χ0n) is 12.5. The van der Waals surface area contributed by atoms with Crippen LogP contribution in [0.4, 0.5) is 11.6 Å². The van der Waals surface area contributed by atoms with Crippen molar-refractivity contribution in [3.63, 3.8) is 0 Å². The van der Waals surface area contributed by atoms with Gasteiger partial charge in [-0.3, -0.25) is 4.79 Å². The molecule has 0 aromatic carbocycles. The van der Waals surface area contributed by atoms with Crippen molar-refractivity contribution >= 4 is 17.5 Å². The van der Waals surface area contributed by atoms with Crippen molar-refractivity contribution in [1.82, 2.24) is 14.9 Å². The van der Waals surface area contributed by atoms with Gasteiger partial charge in [0.15, 0.2) is 0 Å². The summed E-state index contributed by atoms with van der Waals surface area (Å²) >= 11 is 0. The van der Waals surface area contributed by atoms with Crippen molar-refractivity contribution in [3.05, 3.63) is 11.9 Å². The van der Waals surface area contributed by atoms with Gasteiger partial charge < -0.3 is 15.5 Å². The lowest BCUT2D eigenvalue weighted by molar-refractivity contribution is -0.128. The van der Waals surface area contributed by atoms with Crippen LogP contribution in [0.1, 0.15) is 38.2 Å². The maximum absolute atomic E-state index is 12.2. The predicted octanol–water partition coefficient (Wildman–Crippen LogP) is 1.24. The molecule has 20 heavy (non-hydrogen) atoms. The van der Waals surface area contributed by atoms with Crippen molar-refractivity contribution in [2.24, 2.45) is 0 Å². The van der Waals surface area contributed by atoms with Crippen LogP contribution in [0, 0.1) is 0 Å². The van der Waals surface area contributed by atoms with E-state index in [1.165, 1.54) is 6.33 Å². The molecule has 0 spiro atoms. The molecule has 1 aliphatic heterocycles. The summed E-state index contributed by atoms with van der Waals surface area (Å²) in [6.07, 6.45) is 3.66. The third kappa shape index (κ3) is 3.00. The number of hydrogen-bond acceptors (Lipinski definition) is 5. The van der Waals surface area contributed by atoms with Crippen molar-refractivity contribution in [2.75, 3.05) is 37.3 Å². The first kappa shape index (κ1) is 14.6. The van der Waals surface area contributed by atoms with Crippen molar-refractivity contribution in [1.29, 1.82) is 0 Å². The van der Waals surface area contributed by atoms with Crippen molar-refractivity contribution < 1.29 is 4.79 Å². The molecule has 1 saturated heterocycles. The van der Waals surface area contributed by atoms with Gasteiger partial charge in [-0.2, -0.15) is 0 Å². The van der Waals surface area contributed by atoms with Crippen LogP contribution < -0.4 is 10.6 Å². The molecule has 2 rings (SSSR count). The molecule has 0 bridgehead atoms. The van der Waals surface area contributed by atoms with Crippen molar-refractivity contribution in [2.45, 2.75) is 32.6 Å². The molecule has 1 aliphatic rings. The van der Waals surface area contributed by atoms with E-state index in [0.717, 1.165) is 37.3 Å². The normalized spacial score (nSPS) is 14.9. The Morgan fingerprint density at radius 3 is 2.65 bits per heavy atom. The summed E-state index contributed by atoms with van der Waals surface area (Å²) in [5.41, 5.74) is 6.85. The Labute approximate surface area is 120 Å². The Morgan fingerprint density at radius 1 is 1.40 bits per heavy atom. The fourth-order valence-corrected chi connectivity index (χ4v) is 2.60. The van der Waals surface area contributed by atoms with Crippen LogP contribution in [0.3, 0.4) is 0 Å². The Morgan fingerprint density at radius 2 is 2.05 bits per heavy atom. The van der Waals surface area contributed by atoms with Gasteiger partial charge in [0.05, 0.1) is 6.54 Å². The van der Waals surface area contributed by atoms with Gasteiger partial charge in [-0.25, -0.2) is 9.97 Å². The number of nitrogen functional groups attached to an aromatic ring is 1. The fraction of sp³-hybridized carbons (Fsp3) is 0.643. The summed E-state index contributed by atoms with van der Waals surface area (Å²) in [4.78, 5) is 24.3. The lowest BCUT2D eigenvalue weighted by Crippen LogP contribution is -2.38. The molecule has 2 N–H and O–H groups in total. The molecule has 2 heterocycles. The molecule has 1 amide bonds. The summed E-state index contributed by atoms with van der Waals surface area (Å²) in [6.45, 7) is 6.17. The number of rotatable bonds is 4. The summed E-state index contributed by atoms with van der Waals surface area (Å²) in [7, 11) is 1.88. The standard InChI is InChI=1S/C14H23N5O/c1-10(2)12-13(15)16-9-17-14(12)18(3)8-11(20)19-6-4-5-7-19/h9-10H,4-8H2,1-3H3,(H2,15,16,17). The number of carbonyl (C=O) groups excluding carboxylic acids is 1. The van der Waals surface area contributed by atoms with E-state index in [2.05, 4.69) is 23.8 Å². The summed E-state index contributed by atoms with van der Waals surface area (Å²) in [5.74, 6) is 1.61. The summed E-state index contributed by atoms with van der Waals surface area (Å²) in [5, 5.41) is 0. The average Bonchev–Trinajstić information content (AvgIpc) is 2.91. The van der Waals surface area contributed by atoms with Gasteiger partial charge in [-0.15, -0.1) is 0 Å². The third-order valence-electron chi connectivity index (χ3n) is 3.66. The number of anilines is 2. The number of amides is 1. The second-order valence-electron chi connectivity index (χ2n) is 5.59. The second kappa shape index (κ2) is 6.07. The van der Waals surface area contributed by atoms with Crippen LogP contribution in [0.15, 0.2) is 6.33 Å². The number of hydrogen-bond donors (Lipinski definition) is 1. The maximum atomic E-state index is 12.2. The Kier molecular flexibility index (Phi) is 4.42. The highest BCUT2D eigenvalue weighted by molar-refractivity contribution is 5.81. The molecule has 0 radical (unpaired) electrons. The van der Waals surface area contributed by atoms with Crippen LogP contribution in [0.25, 0.3) is 0 Å². The van der Waals surface area contributed by atoms with Gasteiger partial charge >= 0.3 is 0 Å². The summed E-state index contributed by atoms with van der Waals surface area (Å²) in [6, 6.07) is 0. The van der Waals surface area contributed by atoms with Crippen molar-refractivity contribution in [3.8, 4) is 0 Å². The largest absolute Gasteiger partial charge is 0.383 e. The van der Waals surface area contributed by atoms with E-state index in [1.807, 2.05) is 16.8 Å². The van der Waals surface area contributed by atoms with Gasteiger partial charge in [0, 0.05) is 25.7 Å². The predicted molar refractivity (Wildman–Crippen MR) is 79.6 cm³/mol. The van der Waals surface area contributed by atoms with E-state index in [-0.39, 0.29) is 11.8 Å². The first-order valence-electron chi connectivity index (χ1n) is 7.10. The fourth-order valence-electron chi connectivity index (χ4n) is 2.60. The SMILES string of the molecule is CC(C)c1c(N)ncnc1N(C)CC(=O)N1CCCC1. The third-order valence-corrected chi connectivity index (χ3v) is 3.66. The summed E-state index contributed by atoms with van der Waals surface area (Å²) < 4.78 is 0. The molecule has 0 saturated carbocycles. The zero-order chi connectivity index (χ0) is 14.7. The number of nitrogens with two attached hydrogens (primary N) is 1. The van der Waals surface area contributed by atoms with E-state index < -0.39 is 0 Å². The first-order valence-corrected chi connectivity index (χ1v) is 7.10. The molecule has 6 nitrogen and oxygen atoms in total. The number of nitrogens with zero attached hydrogens (tertiary/aromatic N) is 4. The molecule has 0 atom stereocenters. The molecule has 1 aromatic rings. The Balaban J connectivity index is 2.14. The molecule has 1 aromatic heterocycles. The molecule has 6 heteroatoms. The molecule has 0 unspecified atom stereocenters. The molecule has 1 fully saturated rings. The lowest BCUT2D eigenvalue weighted by Gasteiger charge is -2.25. The van der Waals surface area contributed by atoms with Gasteiger partial charge in [-0.1, -0.05) is 13.8 Å². The lowest BCUT2D eigenvalue weighted by atomic mass is 10.0. The first-order chi connectivity index (χ1) is 9.50. The van der Waals surface area contributed by atoms with Crippen LogP contribution in [0.2, 0.25) is 0 Å². The van der Waals surface area contributed by atoms with E-state index >= 15 is 0 Å². The average molecular weight is 277 g/mol. The van der Waals surface area contributed by atoms with Crippen LogP contribution in [0.5, 0.6) is 0 Å². The topological polar surface area (TPSA) is 75.3 Å². The van der Waals surface area contributed by atoms with E-state index in [9.17, 15) is 4.79 Å². The van der Waals surface area contributed by atoms with E-state index in [4.69, 9.17) is 5.73 Å². The van der Waals surface area contributed by atoms with Gasteiger partial charge in [0.2, 0.25) is 5.91 Å². The monoisotopic (exact) mass is 277 g/mol. The number of carbonyl (C=O) groups is 1. The zero-order valence-corrected chi connectivity index (χ0v) is 12.5. The van der Waals surface area contributed by atoms with Gasteiger partial charge in [0.25, 0.3) is 0 Å². The Hall–Kier alpha value is -1.85. The smallest absolute Gasteiger partial charge is 0.242 e. The van der Waals surface area contributed by atoms with Crippen LogP contribution in [-0.4, -0.2) is 47.5 Å². The minimum absolute atomic E-state index is 0.150. The Bertz CT molecular complexity index is 482. The maximum Gasteiger partial charge on any atom is 0.242 e. The number of aromatic nitrogens is 2. The highest BCUT2D eigenvalue weighted by Crippen LogP contribution is 2.28. The minimum Gasteiger partial charge on any atom is -0.383 e. The highest BCUT2D eigenvalue weighted by atomic mass is 16.2.